The van der Waals surface area contributed by atoms with Crippen LogP contribution in [0.2, 0.25) is 0 Å². The molecule has 3 rings (SSSR count). The maximum Gasteiger partial charge on any atom is 1.00 e. The number of carbonyl (C=O) groups is 1. The molecule has 0 bridgehead atoms. The number of fused-ring (bicyclic) bond motifs is 1. The Hall–Kier alpha value is -1.55. The van der Waals surface area contributed by atoms with E-state index in [4.69, 9.17) is 13.9 Å². The Bertz CT molecular complexity index is 1140. The second-order valence-electron chi connectivity index (χ2n) is 6.97. The normalized spacial score (nSPS) is 25.7. The molecule has 1 aliphatic rings. The van der Waals surface area contributed by atoms with Gasteiger partial charge in [0.15, 0.2) is 0 Å². The molecule has 5 atom stereocenters. The molecule has 2 aromatic rings. The number of nitrogens with one attached hydrogen (secondary N) is 1. The van der Waals surface area contributed by atoms with Crippen LogP contribution in [0.3, 0.4) is 0 Å². The predicted octanol–water partition coefficient (Wildman–Crippen LogP) is -4.09. The van der Waals surface area contributed by atoms with E-state index in [9.17, 15) is 32.8 Å². The molecule has 0 spiro atoms. The van der Waals surface area contributed by atoms with Crippen LogP contribution in [0.15, 0.2) is 33.5 Å². The molecule has 1 aliphatic heterocycles. The van der Waals surface area contributed by atoms with Gasteiger partial charge in [0, 0.05) is 24.4 Å². The van der Waals surface area contributed by atoms with Gasteiger partial charge in [-0.05, 0) is 24.6 Å². The first-order valence-electron chi connectivity index (χ1n) is 9.05. The number of hydrogen-bond acceptors (Lipinski definition) is 11. The van der Waals surface area contributed by atoms with Gasteiger partial charge in [-0.1, -0.05) is 0 Å². The van der Waals surface area contributed by atoms with Crippen LogP contribution in [-0.4, -0.2) is 66.3 Å². The number of ether oxygens (including phenoxy) is 2. The first-order valence-corrected chi connectivity index (χ1v) is 10.4. The van der Waals surface area contributed by atoms with Crippen LogP contribution in [0.4, 0.5) is 0 Å². The van der Waals surface area contributed by atoms with Gasteiger partial charge in [-0.2, -0.15) is 0 Å². The smallest absolute Gasteiger partial charge is 0.726 e. The number of rotatable bonds is 6. The summed E-state index contributed by atoms with van der Waals surface area (Å²) in [6, 6.07) is 4.60. The maximum absolute atomic E-state index is 11.6. The number of amides is 1. The van der Waals surface area contributed by atoms with Crippen molar-refractivity contribution in [2.45, 2.75) is 44.5 Å². The molecule has 1 amide bonds. The first-order chi connectivity index (χ1) is 14.4. The first kappa shape index (κ1) is 26.7. The molecule has 1 aromatic heterocycles. The van der Waals surface area contributed by atoms with Gasteiger partial charge in [0.1, 0.15) is 35.7 Å². The molecular weight excluding hydrogens is 461 g/mol. The minimum atomic E-state index is -5.08. The zero-order valence-electron chi connectivity index (χ0n) is 17.4. The zero-order chi connectivity index (χ0) is 22.9. The zero-order valence-corrected chi connectivity index (χ0v) is 20.2. The second kappa shape index (κ2) is 10.6. The summed E-state index contributed by atoms with van der Waals surface area (Å²) in [7, 11) is -5.08. The van der Waals surface area contributed by atoms with Gasteiger partial charge in [0.2, 0.25) is 22.6 Å². The molecule has 12 nitrogen and oxygen atoms in total. The standard InChI is InChI=1S/C18H21NO11S.Na/c1-8-5-14(21)29-12-6-10(3-4-11(8)12)28-18-15(19-9(2)20)17(23)16(22)13(30-18)7-27-31(24,25)26;/h3-6,13,15-18,22-23H,7H2,1-2H3,(H,19,20)(H,24,25,26);/q;+1/p-1/t13-,15-,16-,17+,18-;/m1./s1. The Morgan fingerprint density at radius 3 is 2.56 bits per heavy atom. The van der Waals surface area contributed by atoms with Gasteiger partial charge in [-0.25, -0.2) is 13.2 Å². The Kier molecular flexibility index (Phi) is 8.83. The van der Waals surface area contributed by atoms with Gasteiger partial charge in [-0.3, -0.25) is 8.98 Å². The SMILES string of the molecule is CC(=O)N[C@H]1[C@H](Oc2ccc3c(C)cc(=O)oc3c2)O[C@H](COS(=O)(=O)[O-])[C@@H](O)[C@H]1O.[Na+]. The quantitative estimate of drug-likeness (QED) is 0.158. The van der Waals surface area contributed by atoms with E-state index < -0.39 is 59.2 Å². The third-order valence-corrected chi connectivity index (χ3v) is 5.05. The maximum atomic E-state index is 11.6. The summed E-state index contributed by atoms with van der Waals surface area (Å²) < 4.78 is 52.6. The van der Waals surface area contributed by atoms with Crippen LogP contribution in [0, 0.1) is 6.92 Å². The summed E-state index contributed by atoms with van der Waals surface area (Å²) >= 11 is 0. The van der Waals surface area contributed by atoms with Crippen LogP contribution in [0.5, 0.6) is 5.75 Å². The molecule has 0 saturated carbocycles. The van der Waals surface area contributed by atoms with Crippen LogP contribution >= 0.6 is 0 Å². The summed E-state index contributed by atoms with van der Waals surface area (Å²) in [5.41, 5.74) is 0.325. The van der Waals surface area contributed by atoms with Gasteiger partial charge >= 0.3 is 35.2 Å². The molecule has 3 N–H and O–H groups in total. The minimum Gasteiger partial charge on any atom is -0.726 e. The van der Waals surface area contributed by atoms with E-state index in [1.807, 2.05) is 0 Å². The molecule has 32 heavy (non-hydrogen) atoms. The number of aliphatic hydroxyl groups excluding tert-OH is 2. The van der Waals surface area contributed by atoms with Gasteiger partial charge in [-0.15, -0.1) is 0 Å². The molecule has 0 unspecified atom stereocenters. The third-order valence-electron chi connectivity index (χ3n) is 4.62. The molecule has 170 valence electrons. The Morgan fingerprint density at radius 1 is 1.25 bits per heavy atom. The summed E-state index contributed by atoms with van der Waals surface area (Å²) in [5, 5.41) is 23.6. The van der Waals surface area contributed by atoms with E-state index in [-0.39, 0.29) is 40.9 Å². The number of carbonyl (C=O) groups excluding carboxylic acids is 1. The molecular formula is C18H20NNaO11S. The van der Waals surface area contributed by atoms with E-state index in [0.717, 1.165) is 0 Å². The number of benzene rings is 1. The van der Waals surface area contributed by atoms with Crippen molar-refractivity contribution in [3.63, 3.8) is 0 Å². The summed E-state index contributed by atoms with van der Waals surface area (Å²) in [6.45, 7) is 2.01. The Labute approximate surface area is 204 Å². The van der Waals surface area contributed by atoms with Crippen molar-refractivity contribution >= 4 is 27.3 Å². The van der Waals surface area contributed by atoms with Gasteiger partial charge in [0.25, 0.3) is 0 Å². The van der Waals surface area contributed by atoms with Crippen molar-refractivity contribution in [1.29, 1.82) is 0 Å². The van der Waals surface area contributed by atoms with Crippen LogP contribution in [0.25, 0.3) is 11.0 Å². The average molecular weight is 481 g/mol. The fraction of sp³-hybridized carbons (Fsp3) is 0.444. The van der Waals surface area contributed by atoms with Gasteiger partial charge in [0.05, 0.1) is 6.61 Å². The number of aliphatic hydroxyl groups is 2. The average Bonchev–Trinajstić information content (AvgIpc) is 2.65. The largest absolute Gasteiger partial charge is 1.00 e. The summed E-state index contributed by atoms with van der Waals surface area (Å²) in [5.74, 6) is -0.438. The molecule has 14 heteroatoms. The van der Waals surface area contributed by atoms with Crippen molar-refractivity contribution in [2.24, 2.45) is 0 Å². The number of hydrogen-bond donors (Lipinski definition) is 3. The van der Waals surface area contributed by atoms with Crippen molar-refractivity contribution in [1.82, 2.24) is 5.32 Å². The van der Waals surface area contributed by atoms with Gasteiger partial charge < -0.3 is 34.0 Å². The second-order valence-corrected chi connectivity index (χ2v) is 8.02. The summed E-state index contributed by atoms with van der Waals surface area (Å²) in [4.78, 5) is 23.2. The molecule has 1 aromatic carbocycles. The van der Waals surface area contributed by atoms with Crippen molar-refractivity contribution in [2.75, 3.05) is 6.61 Å². The topological polar surface area (TPSA) is 185 Å². The van der Waals surface area contributed by atoms with Crippen molar-refractivity contribution in [3.8, 4) is 5.75 Å². The van der Waals surface area contributed by atoms with E-state index in [1.165, 1.54) is 25.1 Å². The van der Waals surface area contributed by atoms with E-state index >= 15 is 0 Å². The molecule has 1 fully saturated rings. The number of aryl methyl sites for hydroxylation is 1. The van der Waals surface area contributed by atoms with Crippen molar-refractivity contribution < 1.29 is 75.6 Å². The Morgan fingerprint density at radius 2 is 1.94 bits per heavy atom. The van der Waals surface area contributed by atoms with Crippen molar-refractivity contribution in [3.05, 3.63) is 40.2 Å². The molecule has 1 saturated heterocycles. The van der Waals surface area contributed by atoms with E-state index in [1.54, 1.807) is 13.0 Å². The summed E-state index contributed by atoms with van der Waals surface area (Å²) in [6.07, 6.45) is -6.23. The molecule has 0 aliphatic carbocycles. The minimum absolute atomic E-state index is 0. The van der Waals surface area contributed by atoms with Crippen LogP contribution in [-0.2, 0) is 24.1 Å². The third kappa shape index (κ3) is 6.50. The van der Waals surface area contributed by atoms with E-state index in [2.05, 4.69) is 9.50 Å². The fourth-order valence-corrected chi connectivity index (χ4v) is 3.52. The monoisotopic (exact) mass is 481 g/mol. The predicted molar refractivity (Wildman–Crippen MR) is 102 cm³/mol. The fourth-order valence-electron chi connectivity index (χ4n) is 3.22. The molecule has 2 heterocycles. The molecule has 0 radical (unpaired) electrons. The van der Waals surface area contributed by atoms with Crippen LogP contribution in [0.1, 0.15) is 12.5 Å². The van der Waals surface area contributed by atoms with Crippen LogP contribution < -0.4 is 45.2 Å². The Balaban J connectivity index is 0.00000363. The van der Waals surface area contributed by atoms with E-state index in [0.29, 0.717) is 10.9 Å².